The fourth-order valence-corrected chi connectivity index (χ4v) is 2.13. The molecule has 0 amide bonds. The molecule has 90 valence electrons. The van der Waals surface area contributed by atoms with Gasteiger partial charge >= 0.3 is 0 Å². The predicted molar refractivity (Wildman–Crippen MR) is 69.1 cm³/mol. The third-order valence-electron chi connectivity index (χ3n) is 2.62. The van der Waals surface area contributed by atoms with E-state index in [1.807, 2.05) is 14.1 Å². The zero-order chi connectivity index (χ0) is 12.4. The first kappa shape index (κ1) is 12.3. The van der Waals surface area contributed by atoms with Crippen LogP contribution in [0.4, 0.5) is 4.39 Å². The maximum absolute atomic E-state index is 13.8. The van der Waals surface area contributed by atoms with Crippen LogP contribution >= 0.6 is 15.9 Å². The van der Waals surface area contributed by atoms with E-state index in [-0.39, 0.29) is 5.82 Å². The molecular weight excluding hydrogens is 285 g/mol. The summed E-state index contributed by atoms with van der Waals surface area (Å²) in [6, 6.07) is 4.91. The zero-order valence-corrected chi connectivity index (χ0v) is 11.3. The van der Waals surface area contributed by atoms with Crippen molar-refractivity contribution in [2.75, 3.05) is 7.05 Å². The normalized spacial score (nSPS) is 10.8. The lowest BCUT2D eigenvalue weighted by Gasteiger charge is -2.07. The highest BCUT2D eigenvalue weighted by Gasteiger charge is 2.13. The molecule has 0 bridgehead atoms. The van der Waals surface area contributed by atoms with Crippen molar-refractivity contribution >= 4 is 15.9 Å². The first-order valence-electron chi connectivity index (χ1n) is 5.24. The molecule has 3 nitrogen and oxygen atoms in total. The highest BCUT2D eigenvalue weighted by atomic mass is 79.9. The number of nitrogens with one attached hydrogen (secondary N) is 1. The summed E-state index contributed by atoms with van der Waals surface area (Å²) >= 11 is 3.35. The second kappa shape index (κ2) is 4.98. The molecule has 0 aliphatic heterocycles. The number of aromatic nitrogens is 2. The first-order chi connectivity index (χ1) is 8.13. The maximum Gasteiger partial charge on any atom is 0.131 e. The van der Waals surface area contributed by atoms with Gasteiger partial charge in [-0.15, -0.1) is 0 Å². The number of hydrogen-bond donors (Lipinski definition) is 1. The highest BCUT2D eigenvalue weighted by Crippen LogP contribution is 2.28. The van der Waals surface area contributed by atoms with Crippen LogP contribution in [0.2, 0.25) is 0 Å². The third kappa shape index (κ3) is 2.40. The minimum absolute atomic E-state index is 0.237. The smallest absolute Gasteiger partial charge is 0.131 e. The molecule has 0 saturated carbocycles. The van der Waals surface area contributed by atoms with Gasteiger partial charge in [-0.25, -0.2) is 4.39 Å². The molecule has 0 aliphatic rings. The van der Waals surface area contributed by atoms with Crippen LogP contribution in [0.3, 0.4) is 0 Å². The largest absolute Gasteiger partial charge is 0.314 e. The fraction of sp³-hybridized carbons (Fsp3) is 0.250. The summed E-state index contributed by atoms with van der Waals surface area (Å²) in [5.41, 5.74) is 2.35. The topological polar surface area (TPSA) is 29.9 Å². The molecule has 2 rings (SSSR count). The molecular formula is C12H13BrFN3. The van der Waals surface area contributed by atoms with Crippen molar-refractivity contribution in [1.29, 1.82) is 0 Å². The van der Waals surface area contributed by atoms with Gasteiger partial charge in [0.25, 0.3) is 0 Å². The third-order valence-corrected chi connectivity index (χ3v) is 3.12. The second-order valence-corrected chi connectivity index (χ2v) is 4.70. The Kier molecular flexibility index (Phi) is 3.59. The second-order valence-electron chi connectivity index (χ2n) is 3.78. The lowest BCUT2D eigenvalue weighted by atomic mass is 10.1. The minimum atomic E-state index is -0.237. The number of benzene rings is 1. The Morgan fingerprint density at radius 2 is 2.18 bits per heavy atom. The summed E-state index contributed by atoms with van der Waals surface area (Å²) in [5.74, 6) is -0.237. The van der Waals surface area contributed by atoms with Crippen molar-refractivity contribution in [2.45, 2.75) is 6.54 Å². The summed E-state index contributed by atoms with van der Waals surface area (Å²) in [6.07, 6.45) is 1.69. The van der Waals surface area contributed by atoms with Crippen LogP contribution in [-0.2, 0) is 13.6 Å². The van der Waals surface area contributed by atoms with E-state index in [9.17, 15) is 4.39 Å². The Morgan fingerprint density at radius 3 is 2.88 bits per heavy atom. The molecule has 17 heavy (non-hydrogen) atoms. The zero-order valence-electron chi connectivity index (χ0n) is 9.67. The van der Waals surface area contributed by atoms with Crippen molar-refractivity contribution in [3.63, 3.8) is 0 Å². The van der Waals surface area contributed by atoms with Gasteiger partial charge in [-0.05, 0) is 25.2 Å². The molecule has 2 aromatic rings. The quantitative estimate of drug-likeness (QED) is 0.944. The van der Waals surface area contributed by atoms with E-state index in [1.165, 1.54) is 6.07 Å². The molecule has 1 aromatic carbocycles. The molecule has 1 heterocycles. The van der Waals surface area contributed by atoms with E-state index in [1.54, 1.807) is 23.0 Å². The van der Waals surface area contributed by atoms with E-state index in [4.69, 9.17) is 0 Å². The fourth-order valence-electron chi connectivity index (χ4n) is 1.77. The Balaban J connectivity index is 2.56. The summed E-state index contributed by atoms with van der Waals surface area (Å²) in [4.78, 5) is 0. The summed E-state index contributed by atoms with van der Waals surface area (Å²) in [5, 5.41) is 7.24. The van der Waals surface area contributed by atoms with Crippen LogP contribution in [-0.4, -0.2) is 16.8 Å². The van der Waals surface area contributed by atoms with Crippen LogP contribution in [0.5, 0.6) is 0 Å². The average Bonchev–Trinajstić information content (AvgIpc) is 2.65. The molecule has 0 unspecified atom stereocenters. The molecule has 1 aromatic heterocycles. The predicted octanol–water partition coefficient (Wildman–Crippen LogP) is 2.71. The van der Waals surface area contributed by atoms with Gasteiger partial charge in [-0.3, -0.25) is 4.68 Å². The number of rotatable bonds is 3. The van der Waals surface area contributed by atoms with Crippen LogP contribution in [0.25, 0.3) is 11.1 Å². The van der Waals surface area contributed by atoms with Crippen molar-refractivity contribution < 1.29 is 4.39 Å². The van der Waals surface area contributed by atoms with E-state index in [0.29, 0.717) is 12.1 Å². The Bertz CT molecular complexity index is 537. The SMILES string of the molecule is CNCc1c(-c2cc(Br)ccc2F)cnn1C. The standard InChI is InChI=1S/C12H13BrFN3/c1-15-7-12-10(6-16-17(12)2)9-5-8(13)3-4-11(9)14/h3-6,15H,7H2,1-2H3. The highest BCUT2D eigenvalue weighted by molar-refractivity contribution is 9.10. The molecule has 0 saturated heterocycles. The van der Waals surface area contributed by atoms with Crippen LogP contribution in [0.1, 0.15) is 5.69 Å². The molecule has 0 spiro atoms. The summed E-state index contributed by atoms with van der Waals surface area (Å²) < 4.78 is 16.4. The van der Waals surface area contributed by atoms with Gasteiger partial charge in [0.1, 0.15) is 5.82 Å². The Morgan fingerprint density at radius 1 is 1.41 bits per heavy atom. The number of hydrogen-bond acceptors (Lipinski definition) is 2. The van der Waals surface area contributed by atoms with Gasteiger partial charge in [-0.1, -0.05) is 15.9 Å². The van der Waals surface area contributed by atoms with E-state index < -0.39 is 0 Å². The molecule has 0 fully saturated rings. The minimum Gasteiger partial charge on any atom is -0.314 e. The Hall–Kier alpha value is -1.20. The van der Waals surface area contributed by atoms with Gasteiger partial charge in [0.15, 0.2) is 0 Å². The van der Waals surface area contributed by atoms with E-state index >= 15 is 0 Å². The molecule has 0 radical (unpaired) electrons. The van der Waals surface area contributed by atoms with E-state index in [0.717, 1.165) is 15.7 Å². The monoisotopic (exact) mass is 297 g/mol. The van der Waals surface area contributed by atoms with Crippen molar-refractivity contribution in [1.82, 2.24) is 15.1 Å². The van der Waals surface area contributed by atoms with Gasteiger partial charge in [0.2, 0.25) is 0 Å². The average molecular weight is 298 g/mol. The summed E-state index contributed by atoms with van der Waals surface area (Å²) in [7, 11) is 3.71. The van der Waals surface area contributed by atoms with Gasteiger partial charge in [0.05, 0.1) is 11.9 Å². The van der Waals surface area contributed by atoms with Crippen molar-refractivity contribution in [3.8, 4) is 11.1 Å². The summed E-state index contributed by atoms with van der Waals surface area (Å²) in [6.45, 7) is 0.651. The molecule has 0 atom stereocenters. The molecule has 0 aliphatic carbocycles. The van der Waals surface area contributed by atoms with Gasteiger partial charge in [-0.2, -0.15) is 5.10 Å². The maximum atomic E-state index is 13.8. The van der Waals surface area contributed by atoms with Crippen LogP contribution in [0.15, 0.2) is 28.9 Å². The van der Waals surface area contributed by atoms with Crippen LogP contribution in [0, 0.1) is 5.82 Å². The number of halogens is 2. The molecule has 5 heteroatoms. The van der Waals surface area contributed by atoms with E-state index in [2.05, 4.69) is 26.3 Å². The number of aryl methyl sites for hydroxylation is 1. The molecule has 1 N–H and O–H groups in total. The lowest BCUT2D eigenvalue weighted by molar-refractivity contribution is 0.630. The number of nitrogens with zero attached hydrogens (tertiary/aromatic N) is 2. The van der Waals surface area contributed by atoms with Gasteiger partial charge < -0.3 is 5.32 Å². The first-order valence-corrected chi connectivity index (χ1v) is 6.03. The Labute approximate surface area is 108 Å². The van der Waals surface area contributed by atoms with Crippen molar-refractivity contribution in [3.05, 3.63) is 40.4 Å². The van der Waals surface area contributed by atoms with Crippen LogP contribution < -0.4 is 5.32 Å². The lowest BCUT2D eigenvalue weighted by Crippen LogP contribution is -2.10. The van der Waals surface area contributed by atoms with Crippen molar-refractivity contribution in [2.24, 2.45) is 7.05 Å². The van der Waals surface area contributed by atoms with Gasteiger partial charge in [0, 0.05) is 29.2 Å².